The van der Waals surface area contributed by atoms with Gasteiger partial charge >= 0.3 is 18.3 Å². The van der Waals surface area contributed by atoms with Crippen LogP contribution in [0, 0.1) is 5.41 Å². The molecule has 3 nitrogen and oxygen atoms in total. The summed E-state index contributed by atoms with van der Waals surface area (Å²) in [6, 6.07) is 0. The molecule has 1 rings (SSSR count). The highest BCUT2D eigenvalue weighted by Gasteiger charge is 2.75. The number of carbonyl (C=O) groups is 1. The van der Waals surface area contributed by atoms with Crippen molar-refractivity contribution in [2.24, 2.45) is 5.41 Å². The van der Waals surface area contributed by atoms with Crippen molar-refractivity contribution < 1.29 is 40.6 Å². The molecule has 118 valence electrons. The number of hydrogen-bond acceptors (Lipinski definition) is 3. The highest BCUT2D eigenvalue weighted by molar-refractivity contribution is 5.75. The number of rotatable bonds is 1. The third-order valence-electron chi connectivity index (χ3n) is 2.83. The summed E-state index contributed by atoms with van der Waals surface area (Å²) in [5.41, 5.74) is -5.33. The molecule has 0 amide bonds. The van der Waals surface area contributed by atoms with Crippen molar-refractivity contribution in [2.75, 3.05) is 0 Å². The maximum absolute atomic E-state index is 12.7. The van der Waals surface area contributed by atoms with Crippen LogP contribution in [0.25, 0.3) is 0 Å². The van der Waals surface area contributed by atoms with Gasteiger partial charge in [0.25, 0.3) is 5.60 Å². The largest absolute Gasteiger partial charge is 0.435 e. The molecule has 0 aromatic carbocycles. The van der Waals surface area contributed by atoms with Crippen LogP contribution in [0.3, 0.4) is 0 Å². The molecule has 0 saturated carbocycles. The topological polar surface area (TPSA) is 35.5 Å². The average molecular weight is 308 g/mol. The molecule has 0 bridgehead atoms. The van der Waals surface area contributed by atoms with Gasteiger partial charge in [0.15, 0.2) is 0 Å². The van der Waals surface area contributed by atoms with Crippen molar-refractivity contribution in [2.45, 2.75) is 57.9 Å². The van der Waals surface area contributed by atoms with E-state index in [2.05, 4.69) is 9.47 Å². The van der Waals surface area contributed by atoms with Crippen molar-refractivity contribution in [3.8, 4) is 0 Å². The molecular formula is C11H14F6O3. The van der Waals surface area contributed by atoms with E-state index in [0.717, 1.165) is 0 Å². The molecule has 0 aromatic rings. The second-order valence-electron chi connectivity index (χ2n) is 5.56. The van der Waals surface area contributed by atoms with Crippen molar-refractivity contribution in [1.29, 1.82) is 0 Å². The molecule has 9 heteroatoms. The van der Waals surface area contributed by atoms with Gasteiger partial charge in [-0.15, -0.1) is 0 Å². The van der Waals surface area contributed by atoms with E-state index in [4.69, 9.17) is 0 Å². The summed E-state index contributed by atoms with van der Waals surface area (Å²) < 4.78 is 84.6. The van der Waals surface area contributed by atoms with E-state index in [-0.39, 0.29) is 0 Å². The monoisotopic (exact) mass is 308 g/mol. The van der Waals surface area contributed by atoms with Gasteiger partial charge in [-0.3, -0.25) is 4.79 Å². The van der Waals surface area contributed by atoms with Crippen LogP contribution >= 0.6 is 0 Å². The minimum Gasteiger partial charge on any atom is -0.435 e. The Kier molecular flexibility index (Phi) is 4.08. The molecule has 1 saturated heterocycles. The summed E-state index contributed by atoms with van der Waals surface area (Å²) in [6.07, 6.45) is -15.1. The Morgan fingerprint density at radius 2 is 1.55 bits per heavy atom. The van der Waals surface area contributed by atoms with Gasteiger partial charge in [-0.05, 0) is 20.8 Å². The molecule has 0 aromatic heterocycles. The molecule has 0 radical (unpaired) electrons. The molecule has 1 aliphatic heterocycles. The number of ether oxygens (including phenoxy) is 2. The van der Waals surface area contributed by atoms with E-state index in [0.29, 0.717) is 0 Å². The van der Waals surface area contributed by atoms with Crippen LogP contribution in [0.1, 0.15) is 33.6 Å². The minimum atomic E-state index is -5.63. The SMILES string of the molecule is CC(C)(C)C(=O)OC1CCC(C(F)(F)F)(C(F)(F)F)O1. The molecular weight excluding hydrogens is 294 g/mol. The molecule has 1 aliphatic rings. The molecule has 0 spiro atoms. The standard InChI is InChI=1S/C11H14F6O3/c1-8(2,3)7(18)19-6-4-5-9(20-6,10(12,13)14)11(15,16)17/h6H,4-5H2,1-3H3. The second kappa shape index (κ2) is 4.78. The molecule has 0 N–H and O–H groups in total. The minimum absolute atomic E-state index is 0.666. The zero-order valence-corrected chi connectivity index (χ0v) is 11.0. The summed E-state index contributed by atoms with van der Waals surface area (Å²) >= 11 is 0. The number of halogens is 6. The maximum Gasteiger partial charge on any atom is 0.426 e. The molecule has 1 heterocycles. The van der Waals surface area contributed by atoms with E-state index >= 15 is 0 Å². The summed E-state index contributed by atoms with van der Waals surface area (Å²) in [5, 5.41) is 0. The van der Waals surface area contributed by atoms with E-state index in [1.165, 1.54) is 20.8 Å². The van der Waals surface area contributed by atoms with Gasteiger partial charge in [0.2, 0.25) is 6.29 Å². The first-order chi connectivity index (χ1) is 8.71. The van der Waals surface area contributed by atoms with Crippen LogP contribution in [0.15, 0.2) is 0 Å². The van der Waals surface area contributed by atoms with Crippen LogP contribution < -0.4 is 0 Å². The molecule has 0 aliphatic carbocycles. The molecule has 1 fully saturated rings. The Labute approximate surface area is 111 Å². The molecule has 20 heavy (non-hydrogen) atoms. The molecule has 1 unspecified atom stereocenters. The van der Waals surface area contributed by atoms with Crippen molar-refractivity contribution in [3.63, 3.8) is 0 Å². The normalized spacial score (nSPS) is 23.8. The summed E-state index contributed by atoms with van der Waals surface area (Å²) in [4.78, 5) is 11.5. The number of carbonyl (C=O) groups excluding carboxylic acids is 1. The van der Waals surface area contributed by atoms with E-state index < -0.39 is 48.5 Å². The Hall–Kier alpha value is -0.990. The maximum atomic E-state index is 12.7. The third kappa shape index (κ3) is 3.02. The van der Waals surface area contributed by atoms with Crippen LogP contribution in [-0.4, -0.2) is 30.2 Å². The van der Waals surface area contributed by atoms with Gasteiger partial charge in [0, 0.05) is 12.8 Å². The van der Waals surface area contributed by atoms with Gasteiger partial charge < -0.3 is 9.47 Å². The Morgan fingerprint density at radius 3 is 1.85 bits per heavy atom. The van der Waals surface area contributed by atoms with Crippen molar-refractivity contribution in [3.05, 3.63) is 0 Å². The fourth-order valence-corrected chi connectivity index (χ4v) is 1.62. The highest BCUT2D eigenvalue weighted by Crippen LogP contribution is 2.53. The highest BCUT2D eigenvalue weighted by atomic mass is 19.4. The smallest absolute Gasteiger partial charge is 0.426 e. The predicted octanol–water partition coefficient (Wildman–Crippen LogP) is 3.58. The lowest BCUT2D eigenvalue weighted by Gasteiger charge is -2.33. The van der Waals surface area contributed by atoms with Gasteiger partial charge in [0.1, 0.15) is 0 Å². The molecule has 1 atom stereocenters. The lowest BCUT2D eigenvalue weighted by atomic mass is 9.97. The lowest BCUT2D eigenvalue weighted by Crippen LogP contribution is -2.57. The Bertz CT molecular complexity index is 365. The van der Waals surface area contributed by atoms with Crippen LogP contribution in [0.5, 0.6) is 0 Å². The van der Waals surface area contributed by atoms with Crippen molar-refractivity contribution in [1.82, 2.24) is 0 Å². The zero-order valence-electron chi connectivity index (χ0n) is 11.0. The first kappa shape index (κ1) is 17.1. The Balaban J connectivity index is 2.90. The van der Waals surface area contributed by atoms with Crippen LogP contribution in [0.2, 0.25) is 0 Å². The van der Waals surface area contributed by atoms with Gasteiger partial charge in [-0.25, -0.2) is 0 Å². The van der Waals surface area contributed by atoms with Crippen molar-refractivity contribution >= 4 is 5.97 Å². The van der Waals surface area contributed by atoms with E-state index in [9.17, 15) is 31.1 Å². The van der Waals surface area contributed by atoms with E-state index in [1.807, 2.05) is 0 Å². The fourth-order valence-electron chi connectivity index (χ4n) is 1.62. The number of esters is 1. The van der Waals surface area contributed by atoms with Gasteiger partial charge in [-0.1, -0.05) is 0 Å². The van der Waals surface area contributed by atoms with Gasteiger partial charge in [0.05, 0.1) is 5.41 Å². The quantitative estimate of drug-likeness (QED) is 0.549. The lowest BCUT2D eigenvalue weighted by molar-refractivity contribution is -0.385. The average Bonchev–Trinajstić information content (AvgIpc) is 2.59. The third-order valence-corrected chi connectivity index (χ3v) is 2.83. The summed E-state index contributed by atoms with van der Waals surface area (Å²) in [5.74, 6) is -0.928. The first-order valence-electron chi connectivity index (χ1n) is 5.73. The first-order valence-corrected chi connectivity index (χ1v) is 5.73. The van der Waals surface area contributed by atoms with E-state index in [1.54, 1.807) is 0 Å². The number of alkyl halides is 6. The zero-order chi connectivity index (χ0) is 16.0. The number of hydrogen-bond donors (Lipinski definition) is 0. The second-order valence-corrected chi connectivity index (χ2v) is 5.56. The summed E-state index contributed by atoms with van der Waals surface area (Å²) in [6.45, 7) is 4.27. The fraction of sp³-hybridized carbons (Fsp3) is 0.909. The predicted molar refractivity (Wildman–Crippen MR) is 54.5 cm³/mol. The van der Waals surface area contributed by atoms with Crippen LogP contribution in [0.4, 0.5) is 26.3 Å². The van der Waals surface area contributed by atoms with Gasteiger partial charge in [-0.2, -0.15) is 26.3 Å². The summed E-state index contributed by atoms with van der Waals surface area (Å²) in [7, 11) is 0. The van der Waals surface area contributed by atoms with Crippen LogP contribution in [-0.2, 0) is 14.3 Å². The Morgan fingerprint density at radius 1 is 1.10 bits per heavy atom.